The summed E-state index contributed by atoms with van der Waals surface area (Å²) in [5, 5.41) is 3.44. The van der Waals surface area contributed by atoms with E-state index in [1.54, 1.807) is 0 Å². The van der Waals surface area contributed by atoms with Crippen molar-refractivity contribution in [1.29, 1.82) is 0 Å². The van der Waals surface area contributed by atoms with Crippen molar-refractivity contribution in [2.24, 2.45) is 5.92 Å². The van der Waals surface area contributed by atoms with Gasteiger partial charge in [-0.1, -0.05) is 12.1 Å². The Morgan fingerprint density at radius 3 is 2.94 bits per heavy atom. The fourth-order valence-electron chi connectivity index (χ4n) is 2.42. The Morgan fingerprint density at radius 1 is 1.17 bits per heavy atom. The molecule has 0 radical (unpaired) electrons. The Morgan fingerprint density at radius 2 is 2.06 bits per heavy atom. The lowest BCUT2D eigenvalue weighted by molar-refractivity contribution is 0.300. The van der Waals surface area contributed by atoms with Crippen LogP contribution in [0.2, 0.25) is 0 Å². The molecular formula is C15H22N2O. The highest BCUT2D eigenvalue weighted by molar-refractivity contribution is 5.58. The van der Waals surface area contributed by atoms with Crippen molar-refractivity contribution in [3.05, 3.63) is 24.3 Å². The fourth-order valence-corrected chi connectivity index (χ4v) is 2.42. The van der Waals surface area contributed by atoms with E-state index in [0.29, 0.717) is 0 Å². The second-order valence-corrected chi connectivity index (χ2v) is 5.31. The van der Waals surface area contributed by atoms with Crippen LogP contribution in [0.4, 0.5) is 5.69 Å². The summed E-state index contributed by atoms with van der Waals surface area (Å²) in [5.41, 5.74) is 1.27. The van der Waals surface area contributed by atoms with Crippen molar-refractivity contribution in [2.75, 3.05) is 37.7 Å². The van der Waals surface area contributed by atoms with Crippen molar-refractivity contribution < 1.29 is 4.74 Å². The molecule has 0 atom stereocenters. The number of para-hydroxylation sites is 2. The Balaban J connectivity index is 1.71. The third kappa shape index (κ3) is 2.96. The molecule has 0 aromatic heterocycles. The van der Waals surface area contributed by atoms with Gasteiger partial charge >= 0.3 is 0 Å². The third-order valence-electron chi connectivity index (χ3n) is 3.72. The number of benzene rings is 1. The van der Waals surface area contributed by atoms with Gasteiger partial charge in [0.25, 0.3) is 0 Å². The number of hydrogen-bond donors (Lipinski definition) is 1. The van der Waals surface area contributed by atoms with Gasteiger partial charge in [-0.15, -0.1) is 0 Å². The van der Waals surface area contributed by atoms with Gasteiger partial charge in [-0.3, -0.25) is 0 Å². The molecule has 1 heterocycles. The molecule has 0 spiro atoms. The first-order valence-electron chi connectivity index (χ1n) is 7.11. The van der Waals surface area contributed by atoms with E-state index in [-0.39, 0.29) is 0 Å². The monoisotopic (exact) mass is 246 g/mol. The van der Waals surface area contributed by atoms with Crippen LogP contribution in [0.25, 0.3) is 0 Å². The minimum atomic E-state index is 0.809. The van der Waals surface area contributed by atoms with E-state index >= 15 is 0 Å². The number of rotatable bonds is 4. The summed E-state index contributed by atoms with van der Waals surface area (Å²) in [6.07, 6.45) is 3.89. The molecule has 1 saturated heterocycles. The van der Waals surface area contributed by atoms with Crippen LogP contribution < -0.4 is 15.0 Å². The number of hydrogen-bond acceptors (Lipinski definition) is 3. The first kappa shape index (κ1) is 11.8. The molecule has 1 aromatic rings. The summed E-state index contributed by atoms with van der Waals surface area (Å²) in [6, 6.07) is 8.48. The van der Waals surface area contributed by atoms with E-state index in [9.17, 15) is 0 Å². The molecule has 1 aromatic carbocycles. The lowest BCUT2D eigenvalue weighted by Gasteiger charge is -2.24. The van der Waals surface area contributed by atoms with Gasteiger partial charge in [0.2, 0.25) is 0 Å². The van der Waals surface area contributed by atoms with Gasteiger partial charge in [-0.25, -0.2) is 0 Å². The maximum absolute atomic E-state index is 5.99. The van der Waals surface area contributed by atoms with Crippen molar-refractivity contribution in [3.63, 3.8) is 0 Å². The lowest BCUT2D eigenvalue weighted by Crippen LogP contribution is -2.28. The van der Waals surface area contributed by atoms with Gasteiger partial charge in [0, 0.05) is 19.6 Å². The van der Waals surface area contributed by atoms with E-state index < -0.39 is 0 Å². The number of nitrogens with one attached hydrogen (secondary N) is 1. The van der Waals surface area contributed by atoms with Crippen LogP contribution in [0.1, 0.15) is 19.3 Å². The van der Waals surface area contributed by atoms with E-state index in [1.807, 2.05) is 0 Å². The topological polar surface area (TPSA) is 24.5 Å². The first-order valence-corrected chi connectivity index (χ1v) is 7.11. The van der Waals surface area contributed by atoms with E-state index in [4.69, 9.17) is 4.74 Å². The Bertz CT molecular complexity index is 382. The molecule has 1 aliphatic heterocycles. The molecule has 98 valence electrons. The second-order valence-electron chi connectivity index (χ2n) is 5.31. The average Bonchev–Trinajstić information content (AvgIpc) is 3.24. The molecule has 3 heteroatoms. The van der Waals surface area contributed by atoms with Crippen LogP contribution >= 0.6 is 0 Å². The molecule has 3 nitrogen and oxygen atoms in total. The minimum absolute atomic E-state index is 0.809. The van der Waals surface area contributed by atoms with E-state index in [0.717, 1.165) is 44.5 Å². The first-order chi connectivity index (χ1) is 8.93. The molecule has 2 fully saturated rings. The maximum atomic E-state index is 5.99. The van der Waals surface area contributed by atoms with Gasteiger partial charge < -0.3 is 15.0 Å². The Labute approximate surface area is 109 Å². The fraction of sp³-hybridized carbons (Fsp3) is 0.600. The second kappa shape index (κ2) is 5.61. The molecule has 3 rings (SSSR count). The summed E-state index contributed by atoms with van der Waals surface area (Å²) < 4.78 is 5.99. The van der Waals surface area contributed by atoms with Gasteiger partial charge in [0.1, 0.15) is 5.75 Å². The Hall–Kier alpha value is -1.22. The van der Waals surface area contributed by atoms with Crippen LogP contribution in [0, 0.1) is 5.92 Å². The SMILES string of the molecule is c1ccc(N2CCCNCC2)c(OCC2CC2)c1. The predicted octanol–water partition coefficient (Wildman–Crippen LogP) is 2.28. The molecule has 18 heavy (non-hydrogen) atoms. The molecule has 0 amide bonds. The van der Waals surface area contributed by atoms with Crippen LogP contribution in [0.5, 0.6) is 5.75 Å². The van der Waals surface area contributed by atoms with Crippen molar-refractivity contribution >= 4 is 5.69 Å². The zero-order valence-electron chi connectivity index (χ0n) is 10.9. The highest BCUT2D eigenvalue weighted by Crippen LogP contribution is 2.33. The van der Waals surface area contributed by atoms with Crippen LogP contribution in [-0.4, -0.2) is 32.8 Å². The molecule has 0 unspecified atom stereocenters. The minimum Gasteiger partial charge on any atom is -0.491 e. The lowest BCUT2D eigenvalue weighted by atomic mass is 10.2. The highest BCUT2D eigenvalue weighted by Gasteiger charge is 2.23. The van der Waals surface area contributed by atoms with E-state index in [1.165, 1.54) is 24.9 Å². The molecule has 0 bridgehead atoms. The van der Waals surface area contributed by atoms with E-state index in [2.05, 4.69) is 34.5 Å². The summed E-state index contributed by atoms with van der Waals surface area (Å²) in [4.78, 5) is 2.45. The summed E-state index contributed by atoms with van der Waals surface area (Å²) in [5.74, 6) is 1.87. The zero-order chi connectivity index (χ0) is 12.2. The van der Waals surface area contributed by atoms with Gasteiger partial charge in [0.05, 0.1) is 12.3 Å². The summed E-state index contributed by atoms with van der Waals surface area (Å²) in [7, 11) is 0. The molecule has 1 N–H and O–H groups in total. The van der Waals surface area contributed by atoms with Gasteiger partial charge in [0.15, 0.2) is 0 Å². The quantitative estimate of drug-likeness (QED) is 0.882. The standard InChI is InChI=1S/C15H22N2O/c1-2-5-15(18-12-13-6-7-13)14(4-1)17-10-3-8-16-9-11-17/h1-2,4-5,13,16H,3,6-12H2. The Kier molecular flexibility index (Phi) is 3.69. The van der Waals surface area contributed by atoms with Crippen molar-refractivity contribution in [3.8, 4) is 5.75 Å². The van der Waals surface area contributed by atoms with Gasteiger partial charge in [-0.05, 0) is 43.9 Å². The largest absolute Gasteiger partial charge is 0.491 e. The molecule has 2 aliphatic rings. The van der Waals surface area contributed by atoms with Crippen LogP contribution in [-0.2, 0) is 0 Å². The summed E-state index contributed by atoms with van der Waals surface area (Å²) in [6.45, 7) is 5.28. The molecule has 1 aliphatic carbocycles. The predicted molar refractivity (Wildman–Crippen MR) is 74.4 cm³/mol. The molecule has 1 saturated carbocycles. The van der Waals surface area contributed by atoms with Crippen molar-refractivity contribution in [1.82, 2.24) is 5.32 Å². The maximum Gasteiger partial charge on any atom is 0.142 e. The number of anilines is 1. The zero-order valence-corrected chi connectivity index (χ0v) is 10.9. The number of nitrogens with zero attached hydrogens (tertiary/aromatic N) is 1. The van der Waals surface area contributed by atoms with Crippen molar-refractivity contribution in [2.45, 2.75) is 19.3 Å². The summed E-state index contributed by atoms with van der Waals surface area (Å²) >= 11 is 0. The molecular weight excluding hydrogens is 224 g/mol. The van der Waals surface area contributed by atoms with Gasteiger partial charge in [-0.2, -0.15) is 0 Å². The number of ether oxygens (including phenoxy) is 1. The normalized spacial score (nSPS) is 20.6. The average molecular weight is 246 g/mol. The van der Waals surface area contributed by atoms with Crippen LogP contribution in [0.3, 0.4) is 0 Å². The van der Waals surface area contributed by atoms with Crippen LogP contribution in [0.15, 0.2) is 24.3 Å². The third-order valence-corrected chi connectivity index (χ3v) is 3.72. The highest BCUT2D eigenvalue weighted by atomic mass is 16.5. The smallest absolute Gasteiger partial charge is 0.142 e.